The molecule has 2 N–H and O–H groups in total. The second kappa shape index (κ2) is 12.7. The van der Waals surface area contributed by atoms with Crippen LogP contribution in [0.3, 0.4) is 0 Å². The Balaban J connectivity index is 1.44. The number of nitrogens with zero attached hydrogens (tertiary/aromatic N) is 5. The van der Waals surface area contributed by atoms with Crippen molar-refractivity contribution >= 4 is 47.3 Å². The lowest BCUT2D eigenvalue weighted by molar-refractivity contribution is 0.249. The maximum atomic E-state index is 15.1. The molecule has 0 bridgehead atoms. The first-order chi connectivity index (χ1) is 18.6. The van der Waals surface area contributed by atoms with Gasteiger partial charge >= 0.3 is 0 Å². The molecule has 7 nitrogen and oxygen atoms in total. The predicted molar refractivity (Wildman–Crippen MR) is 168 cm³/mol. The van der Waals surface area contributed by atoms with Gasteiger partial charge in [0.05, 0.1) is 5.69 Å². The van der Waals surface area contributed by atoms with Gasteiger partial charge in [0.25, 0.3) is 0 Å². The van der Waals surface area contributed by atoms with Crippen LogP contribution in [-0.4, -0.2) is 62.1 Å². The van der Waals surface area contributed by atoms with Crippen molar-refractivity contribution in [3.63, 3.8) is 0 Å². The molecule has 1 saturated heterocycles. The van der Waals surface area contributed by atoms with Crippen molar-refractivity contribution in [2.45, 2.75) is 44.4 Å². The van der Waals surface area contributed by atoms with Crippen LogP contribution in [-0.2, 0) is 0 Å². The number of amidine groups is 1. The van der Waals surface area contributed by atoms with Crippen molar-refractivity contribution in [2.24, 2.45) is 9.98 Å². The van der Waals surface area contributed by atoms with Crippen molar-refractivity contribution in [3.05, 3.63) is 72.3 Å². The Hall–Kier alpha value is -3.30. The lowest BCUT2D eigenvalue weighted by Gasteiger charge is -2.36. The van der Waals surface area contributed by atoms with Gasteiger partial charge in [-0.25, -0.2) is 9.38 Å². The first-order valence-electron chi connectivity index (χ1n) is 13.3. The largest absolute Gasteiger partial charge is 0.369 e. The van der Waals surface area contributed by atoms with Crippen molar-refractivity contribution in [1.82, 2.24) is 4.90 Å². The van der Waals surface area contributed by atoms with Crippen LogP contribution < -0.4 is 19.8 Å². The van der Waals surface area contributed by atoms with Crippen LogP contribution in [0.5, 0.6) is 0 Å². The van der Waals surface area contributed by atoms with Gasteiger partial charge in [-0.15, -0.1) is 0 Å². The molecule has 0 radical (unpaired) electrons. The number of hydrogen-bond acceptors (Lipinski definition) is 7. The summed E-state index contributed by atoms with van der Waals surface area (Å²) in [5.41, 5.74) is 4.20. The Kier molecular flexibility index (Phi) is 9.35. The Morgan fingerprint density at radius 2 is 1.90 bits per heavy atom. The van der Waals surface area contributed by atoms with Crippen molar-refractivity contribution in [3.8, 4) is 0 Å². The van der Waals surface area contributed by atoms with Gasteiger partial charge in [-0.05, 0) is 109 Å². The highest BCUT2D eigenvalue weighted by atomic mass is 32.2. The first kappa shape index (κ1) is 28.7. The molecular weight excluding hydrogens is 509 g/mol. The average molecular weight is 550 g/mol. The van der Waals surface area contributed by atoms with Gasteiger partial charge in [0.15, 0.2) is 0 Å². The third-order valence-corrected chi connectivity index (χ3v) is 7.66. The fraction of sp³-hybridized carbons (Fsp3) is 0.400. The lowest BCUT2D eigenvalue weighted by atomic mass is 10.0. The molecule has 2 aromatic carbocycles. The van der Waals surface area contributed by atoms with Crippen LogP contribution in [0.4, 0.5) is 27.1 Å². The number of nitrogens with one attached hydrogen (secondary N) is 2. The predicted octanol–water partition coefficient (Wildman–Crippen LogP) is 6.60. The van der Waals surface area contributed by atoms with E-state index in [1.807, 2.05) is 47.5 Å². The van der Waals surface area contributed by atoms with E-state index in [-0.39, 0.29) is 17.2 Å². The zero-order valence-electron chi connectivity index (χ0n) is 23.6. The van der Waals surface area contributed by atoms with E-state index in [4.69, 9.17) is 4.99 Å². The molecule has 0 aromatic heterocycles. The topological polar surface area (TPSA) is 58.5 Å². The molecule has 0 atom stereocenters. The van der Waals surface area contributed by atoms with E-state index in [2.05, 4.69) is 72.5 Å². The van der Waals surface area contributed by atoms with Gasteiger partial charge in [0, 0.05) is 58.9 Å². The van der Waals surface area contributed by atoms with E-state index in [9.17, 15) is 0 Å². The molecule has 0 saturated carbocycles. The van der Waals surface area contributed by atoms with Gasteiger partial charge in [-0.3, -0.25) is 4.99 Å². The summed E-state index contributed by atoms with van der Waals surface area (Å²) < 4.78 is 18.6. The lowest BCUT2D eigenvalue weighted by Crippen LogP contribution is -2.42. The van der Waals surface area contributed by atoms with E-state index in [1.54, 1.807) is 24.2 Å². The molecule has 0 amide bonds. The normalized spacial score (nSPS) is 18.4. The van der Waals surface area contributed by atoms with Gasteiger partial charge in [0.2, 0.25) is 0 Å². The van der Waals surface area contributed by atoms with Crippen LogP contribution in [0.2, 0.25) is 0 Å². The van der Waals surface area contributed by atoms with Gasteiger partial charge < -0.3 is 24.7 Å². The number of benzene rings is 2. The average Bonchev–Trinajstić information content (AvgIpc) is 3.30. The second-order valence-electron chi connectivity index (χ2n) is 11.0. The van der Waals surface area contributed by atoms with Gasteiger partial charge in [-0.1, -0.05) is 6.07 Å². The van der Waals surface area contributed by atoms with Crippen LogP contribution in [0.25, 0.3) is 0 Å². The van der Waals surface area contributed by atoms with E-state index in [0.717, 1.165) is 48.7 Å². The minimum atomic E-state index is -0.214. The number of anilines is 4. The maximum Gasteiger partial charge on any atom is 0.148 e. The summed E-state index contributed by atoms with van der Waals surface area (Å²) in [4.78, 5) is 15.2. The van der Waals surface area contributed by atoms with Crippen LogP contribution in [0, 0.1) is 5.82 Å². The molecule has 2 aliphatic rings. The number of piperidine rings is 1. The first-order valence-corrected chi connectivity index (χ1v) is 14.1. The molecule has 0 aliphatic carbocycles. The molecule has 208 valence electrons. The summed E-state index contributed by atoms with van der Waals surface area (Å²) in [7, 11) is 4.22. The smallest absolute Gasteiger partial charge is 0.148 e. The molecular formula is C30H40FN7S. The standard InChI is InChI=1S/C30H40FN7S/c1-30(2,3)39-35-24-8-7-9-26(18-24)38-17-12-22(20-32-4)29(38)34-21-33-23-10-11-28(27(31)19-23)37-15-13-25(14-16-37)36(5)6/h7-12,17-20,25,33,35H,4,13-16,21H2,1-3,5-6H3/b22-20-,34-29+. The van der Waals surface area contributed by atoms with Crippen molar-refractivity contribution in [2.75, 3.05) is 53.7 Å². The summed E-state index contributed by atoms with van der Waals surface area (Å²) >= 11 is 1.67. The zero-order chi connectivity index (χ0) is 28.0. The highest BCUT2D eigenvalue weighted by Crippen LogP contribution is 2.31. The molecule has 2 aliphatic heterocycles. The molecule has 0 spiro atoms. The van der Waals surface area contributed by atoms with Crippen LogP contribution >= 0.6 is 11.9 Å². The summed E-state index contributed by atoms with van der Waals surface area (Å²) in [6.45, 7) is 12.1. The van der Waals surface area contributed by atoms with Crippen molar-refractivity contribution < 1.29 is 4.39 Å². The van der Waals surface area contributed by atoms with E-state index in [1.165, 1.54) is 0 Å². The highest BCUT2D eigenvalue weighted by Gasteiger charge is 2.23. The Bertz CT molecular complexity index is 1240. The summed E-state index contributed by atoms with van der Waals surface area (Å²) in [5, 5.41) is 3.25. The maximum absolute atomic E-state index is 15.1. The fourth-order valence-corrected chi connectivity index (χ4v) is 5.20. The quantitative estimate of drug-likeness (QED) is 0.272. The Morgan fingerprint density at radius 1 is 1.13 bits per heavy atom. The van der Waals surface area contributed by atoms with E-state index < -0.39 is 0 Å². The number of aliphatic imine (C=N–C) groups is 2. The molecule has 0 unspecified atom stereocenters. The molecule has 2 heterocycles. The fourth-order valence-electron chi connectivity index (χ4n) is 4.65. The van der Waals surface area contributed by atoms with E-state index >= 15 is 4.39 Å². The minimum absolute atomic E-state index is 0.0912. The minimum Gasteiger partial charge on any atom is -0.369 e. The Labute approximate surface area is 236 Å². The molecule has 2 aromatic rings. The van der Waals surface area contributed by atoms with Crippen LogP contribution in [0.1, 0.15) is 33.6 Å². The molecule has 9 heteroatoms. The Morgan fingerprint density at radius 3 is 2.56 bits per heavy atom. The van der Waals surface area contributed by atoms with E-state index in [0.29, 0.717) is 17.4 Å². The number of halogens is 1. The zero-order valence-corrected chi connectivity index (χ0v) is 24.4. The SMILES string of the molecule is C=N/C=C1/C=CN(c2cccc(NSC(C)(C)C)c2)/C1=N/CNc1ccc(N2CCC(N(C)C)CC2)c(F)c1. The molecule has 39 heavy (non-hydrogen) atoms. The third kappa shape index (κ3) is 7.64. The summed E-state index contributed by atoms with van der Waals surface area (Å²) in [6.07, 6.45) is 7.71. The second-order valence-corrected chi connectivity index (χ2v) is 12.6. The number of rotatable bonds is 9. The monoisotopic (exact) mass is 549 g/mol. The molecule has 1 fully saturated rings. The highest BCUT2D eigenvalue weighted by molar-refractivity contribution is 8.01. The summed E-state index contributed by atoms with van der Waals surface area (Å²) in [5.74, 6) is 0.533. The van der Waals surface area contributed by atoms with Gasteiger partial charge in [-0.2, -0.15) is 0 Å². The molecule has 4 rings (SSSR count). The summed E-state index contributed by atoms with van der Waals surface area (Å²) in [6, 6.07) is 14.1. The van der Waals surface area contributed by atoms with Crippen LogP contribution in [0.15, 0.2) is 76.5 Å². The number of hydrogen-bond donors (Lipinski definition) is 2. The van der Waals surface area contributed by atoms with Crippen molar-refractivity contribution in [1.29, 1.82) is 0 Å². The third-order valence-electron chi connectivity index (χ3n) is 6.71. The van der Waals surface area contributed by atoms with Gasteiger partial charge in [0.1, 0.15) is 18.3 Å².